The van der Waals surface area contributed by atoms with E-state index in [1.165, 1.54) is 31.5 Å². The molecule has 1 aromatic rings. The second kappa shape index (κ2) is 4.18. The summed E-state index contributed by atoms with van der Waals surface area (Å²) in [6.07, 6.45) is 7.93. The molecule has 0 radical (unpaired) electrons. The Morgan fingerprint density at radius 3 is 2.94 bits per heavy atom. The normalized spacial score (nSPS) is 26.4. The zero-order valence-corrected chi connectivity index (χ0v) is 9.68. The molecule has 1 aliphatic carbocycles. The third-order valence-corrected chi connectivity index (χ3v) is 3.78. The molecule has 88 valence electrons. The van der Waals surface area contributed by atoms with Crippen molar-refractivity contribution < 1.29 is 0 Å². The second-order valence-electron chi connectivity index (χ2n) is 5.15. The zero-order valence-electron chi connectivity index (χ0n) is 9.68. The minimum absolute atomic E-state index is 0.706. The maximum absolute atomic E-state index is 5.71. The minimum atomic E-state index is 0.706. The van der Waals surface area contributed by atoms with Crippen LogP contribution < -0.4 is 5.73 Å². The van der Waals surface area contributed by atoms with Gasteiger partial charge in [-0.25, -0.2) is 4.98 Å². The largest absolute Gasteiger partial charge is 0.330 e. The maximum Gasteiger partial charge on any atom is 0.0951 e. The summed E-state index contributed by atoms with van der Waals surface area (Å²) in [6.45, 7) is 4.23. The SMILES string of the molecule is NCC1CCN(Cc2cncn2C2CC2)C1. The fourth-order valence-electron chi connectivity index (χ4n) is 2.61. The first-order valence-electron chi connectivity index (χ1n) is 6.30. The Labute approximate surface area is 96.4 Å². The number of nitrogens with zero attached hydrogens (tertiary/aromatic N) is 3. The summed E-state index contributed by atoms with van der Waals surface area (Å²) >= 11 is 0. The van der Waals surface area contributed by atoms with Crippen molar-refractivity contribution in [2.75, 3.05) is 19.6 Å². The summed E-state index contributed by atoms with van der Waals surface area (Å²) in [5.74, 6) is 0.706. The van der Waals surface area contributed by atoms with Crippen molar-refractivity contribution in [3.05, 3.63) is 18.2 Å². The van der Waals surface area contributed by atoms with Crippen LogP contribution in [0.5, 0.6) is 0 Å². The number of nitrogens with two attached hydrogens (primary N) is 1. The average Bonchev–Trinajstić information content (AvgIpc) is 2.88. The summed E-state index contributed by atoms with van der Waals surface area (Å²) in [7, 11) is 0. The van der Waals surface area contributed by atoms with Crippen LogP contribution in [0.25, 0.3) is 0 Å². The average molecular weight is 220 g/mol. The topological polar surface area (TPSA) is 47.1 Å². The van der Waals surface area contributed by atoms with Gasteiger partial charge in [-0.1, -0.05) is 0 Å². The summed E-state index contributed by atoms with van der Waals surface area (Å²) < 4.78 is 2.36. The van der Waals surface area contributed by atoms with Crippen LogP contribution in [-0.2, 0) is 6.54 Å². The fourth-order valence-corrected chi connectivity index (χ4v) is 2.61. The first kappa shape index (κ1) is 10.3. The number of likely N-dealkylation sites (tertiary alicyclic amines) is 1. The van der Waals surface area contributed by atoms with Crippen LogP contribution in [0, 0.1) is 5.92 Å². The lowest BCUT2D eigenvalue weighted by Gasteiger charge is -2.16. The lowest BCUT2D eigenvalue weighted by atomic mass is 10.1. The van der Waals surface area contributed by atoms with Crippen molar-refractivity contribution in [3.63, 3.8) is 0 Å². The van der Waals surface area contributed by atoms with E-state index in [4.69, 9.17) is 5.73 Å². The molecule has 2 fully saturated rings. The zero-order chi connectivity index (χ0) is 11.0. The van der Waals surface area contributed by atoms with E-state index in [0.717, 1.165) is 25.7 Å². The summed E-state index contributed by atoms with van der Waals surface area (Å²) in [5.41, 5.74) is 7.09. The van der Waals surface area contributed by atoms with Crippen LogP contribution in [0.4, 0.5) is 0 Å². The Morgan fingerprint density at radius 2 is 2.25 bits per heavy atom. The van der Waals surface area contributed by atoms with Crippen molar-refractivity contribution in [2.45, 2.75) is 31.8 Å². The summed E-state index contributed by atoms with van der Waals surface area (Å²) in [5, 5.41) is 0. The van der Waals surface area contributed by atoms with E-state index in [9.17, 15) is 0 Å². The van der Waals surface area contributed by atoms with Crippen molar-refractivity contribution in [1.82, 2.24) is 14.5 Å². The Morgan fingerprint density at radius 1 is 1.38 bits per heavy atom. The van der Waals surface area contributed by atoms with E-state index in [1.54, 1.807) is 0 Å². The van der Waals surface area contributed by atoms with Gasteiger partial charge in [-0.15, -0.1) is 0 Å². The molecule has 4 heteroatoms. The Bertz CT molecular complexity index is 356. The Hall–Kier alpha value is -0.870. The molecule has 0 aromatic carbocycles. The standard InChI is InChI=1S/C12H20N4/c13-5-10-3-4-15(7-10)8-12-6-14-9-16(12)11-1-2-11/h6,9-11H,1-5,7-8,13H2. The molecular weight excluding hydrogens is 200 g/mol. The monoisotopic (exact) mass is 220 g/mol. The van der Waals surface area contributed by atoms with E-state index in [-0.39, 0.29) is 0 Å². The van der Waals surface area contributed by atoms with Gasteiger partial charge in [0.25, 0.3) is 0 Å². The molecule has 3 rings (SSSR count). The molecule has 4 nitrogen and oxygen atoms in total. The lowest BCUT2D eigenvalue weighted by molar-refractivity contribution is 0.308. The predicted octanol–water partition coefficient (Wildman–Crippen LogP) is 0.999. The van der Waals surface area contributed by atoms with Crippen LogP contribution in [0.2, 0.25) is 0 Å². The highest BCUT2D eigenvalue weighted by molar-refractivity contribution is 5.04. The van der Waals surface area contributed by atoms with Crippen molar-refractivity contribution >= 4 is 0 Å². The van der Waals surface area contributed by atoms with Crippen LogP contribution in [0.1, 0.15) is 31.0 Å². The maximum atomic E-state index is 5.71. The van der Waals surface area contributed by atoms with Crippen LogP contribution >= 0.6 is 0 Å². The number of aromatic nitrogens is 2. The van der Waals surface area contributed by atoms with Gasteiger partial charge in [0, 0.05) is 25.3 Å². The number of rotatable bonds is 4. The van der Waals surface area contributed by atoms with E-state index in [2.05, 4.69) is 14.5 Å². The lowest BCUT2D eigenvalue weighted by Crippen LogP contribution is -2.23. The molecule has 0 bridgehead atoms. The number of hydrogen-bond donors (Lipinski definition) is 1. The molecule has 0 spiro atoms. The first-order chi connectivity index (χ1) is 7.86. The van der Waals surface area contributed by atoms with Gasteiger partial charge in [0.15, 0.2) is 0 Å². The summed E-state index contributed by atoms with van der Waals surface area (Å²) in [4.78, 5) is 6.78. The van der Waals surface area contributed by atoms with E-state index in [1.807, 2.05) is 12.5 Å². The third-order valence-electron chi connectivity index (χ3n) is 3.78. The van der Waals surface area contributed by atoms with Crippen molar-refractivity contribution in [2.24, 2.45) is 11.7 Å². The summed E-state index contributed by atoms with van der Waals surface area (Å²) in [6, 6.07) is 0.741. The molecule has 1 saturated heterocycles. The number of imidazole rings is 1. The number of hydrogen-bond acceptors (Lipinski definition) is 3. The molecule has 2 N–H and O–H groups in total. The molecule has 0 amide bonds. The molecule has 1 unspecified atom stereocenters. The van der Waals surface area contributed by atoms with Gasteiger partial charge in [0.2, 0.25) is 0 Å². The molecule has 1 saturated carbocycles. The Kier molecular flexibility index (Phi) is 2.69. The fraction of sp³-hybridized carbons (Fsp3) is 0.750. The van der Waals surface area contributed by atoms with Gasteiger partial charge >= 0.3 is 0 Å². The quantitative estimate of drug-likeness (QED) is 0.823. The van der Waals surface area contributed by atoms with Gasteiger partial charge in [0.1, 0.15) is 0 Å². The van der Waals surface area contributed by atoms with E-state index in [0.29, 0.717) is 5.92 Å². The first-order valence-corrected chi connectivity index (χ1v) is 6.30. The minimum Gasteiger partial charge on any atom is -0.330 e. The Balaban J connectivity index is 1.63. The predicted molar refractivity (Wildman–Crippen MR) is 62.9 cm³/mol. The van der Waals surface area contributed by atoms with Gasteiger partial charge < -0.3 is 10.3 Å². The van der Waals surface area contributed by atoms with Gasteiger partial charge in [-0.05, 0) is 38.3 Å². The second-order valence-corrected chi connectivity index (χ2v) is 5.15. The van der Waals surface area contributed by atoms with Gasteiger partial charge in [-0.2, -0.15) is 0 Å². The molecule has 2 aliphatic rings. The van der Waals surface area contributed by atoms with Gasteiger partial charge in [-0.3, -0.25) is 4.90 Å². The van der Waals surface area contributed by atoms with Crippen LogP contribution in [-0.4, -0.2) is 34.1 Å². The molecular formula is C12H20N4. The highest BCUT2D eigenvalue weighted by atomic mass is 15.2. The third kappa shape index (κ3) is 1.99. The van der Waals surface area contributed by atoms with E-state index >= 15 is 0 Å². The van der Waals surface area contributed by atoms with Crippen molar-refractivity contribution in [1.29, 1.82) is 0 Å². The highest BCUT2D eigenvalue weighted by Gasteiger charge is 2.27. The molecule has 1 atom stereocenters. The van der Waals surface area contributed by atoms with E-state index < -0.39 is 0 Å². The molecule has 1 aliphatic heterocycles. The molecule has 2 heterocycles. The highest BCUT2D eigenvalue weighted by Crippen LogP contribution is 2.36. The molecule has 1 aromatic heterocycles. The van der Waals surface area contributed by atoms with Crippen LogP contribution in [0.3, 0.4) is 0 Å². The molecule has 16 heavy (non-hydrogen) atoms. The van der Waals surface area contributed by atoms with Gasteiger partial charge in [0.05, 0.1) is 12.0 Å². The van der Waals surface area contributed by atoms with Crippen molar-refractivity contribution in [3.8, 4) is 0 Å². The smallest absolute Gasteiger partial charge is 0.0951 e. The van der Waals surface area contributed by atoms with Crippen LogP contribution in [0.15, 0.2) is 12.5 Å².